The number of ether oxygens (including phenoxy) is 1. The van der Waals surface area contributed by atoms with Gasteiger partial charge in [0.1, 0.15) is 10.6 Å². The second-order valence-corrected chi connectivity index (χ2v) is 6.56. The quantitative estimate of drug-likeness (QED) is 0.448. The number of nitro groups is 1. The highest BCUT2D eigenvalue weighted by Crippen LogP contribution is 2.31. The number of nitrogens with zero attached hydrogens (tertiary/aromatic N) is 1. The zero-order chi connectivity index (χ0) is 17.1. The maximum Gasteiger partial charge on any atom is 0.475 e. The van der Waals surface area contributed by atoms with Gasteiger partial charge in [0.25, 0.3) is 5.69 Å². The van der Waals surface area contributed by atoms with Gasteiger partial charge in [-0.3, -0.25) is 19.1 Å². The molecule has 0 saturated heterocycles. The van der Waals surface area contributed by atoms with E-state index in [1.807, 2.05) is 0 Å². The van der Waals surface area contributed by atoms with Crippen molar-refractivity contribution in [3.8, 4) is 0 Å². The number of rotatable bonds is 5. The Morgan fingerprint density at radius 3 is 2.41 bits per heavy atom. The number of halogens is 3. The minimum atomic E-state index is -5.08. The van der Waals surface area contributed by atoms with Crippen LogP contribution in [0.5, 0.6) is 0 Å². The van der Waals surface area contributed by atoms with Crippen LogP contribution < -0.4 is 0 Å². The molecule has 0 heterocycles. The molecule has 0 aliphatic rings. The smallest absolute Gasteiger partial charge is 0.468 e. The molecule has 0 aromatic heterocycles. The summed E-state index contributed by atoms with van der Waals surface area (Å²) in [7, 11) is -4.62. The molecule has 0 bridgehead atoms. The molecule has 0 saturated carbocycles. The minimum Gasteiger partial charge on any atom is -0.468 e. The molecule has 1 rings (SSSR count). The van der Waals surface area contributed by atoms with Crippen LogP contribution in [0.4, 0.5) is 18.9 Å². The first-order valence-corrected chi connectivity index (χ1v) is 7.77. The number of hydrogen-bond donors (Lipinski definition) is 0. The van der Waals surface area contributed by atoms with Crippen LogP contribution in [0.3, 0.4) is 0 Å². The Morgan fingerprint density at radius 2 is 1.95 bits per heavy atom. The highest BCUT2D eigenvalue weighted by Gasteiger charge is 2.39. The van der Waals surface area contributed by atoms with Crippen molar-refractivity contribution in [2.45, 2.75) is 15.3 Å². The van der Waals surface area contributed by atoms with Crippen molar-refractivity contribution in [2.75, 3.05) is 12.9 Å². The van der Waals surface area contributed by atoms with E-state index in [0.717, 1.165) is 13.2 Å². The van der Waals surface area contributed by atoms with Crippen LogP contribution in [-0.2, 0) is 31.1 Å². The molecular weight excluding hydrogens is 351 g/mol. The van der Waals surface area contributed by atoms with Gasteiger partial charge in [-0.1, -0.05) is 0 Å². The first-order chi connectivity index (χ1) is 10.1. The fourth-order valence-corrected chi connectivity index (χ4v) is 3.08. The van der Waals surface area contributed by atoms with Crippen LogP contribution >= 0.6 is 0 Å². The third-order valence-electron chi connectivity index (χ3n) is 2.27. The zero-order valence-corrected chi connectivity index (χ0v) is 12.4. The number of methoxy groups -OCH3 is 1. The topological polar surface area (TPSA) is 104 Å². The van der Waals surface area contributed by atoms with Gasteiger partial charge >= 0.3 is 11.5 Å². The molecule has 0 N–H and O–H groups in total. The normalized spacial score (nSPS) is 14.2. The number of esters is 1. The molecule has 22 heavy (non-hydrogen) atoms. The van der Waals surface area contributed by atoms with Gasteiger partial charge < -0.3 is 4.74 Å². The van der Waals surface area contributed by atoms with Crippen molar-refractivity contribution in [1.82, 2.24) is 0 Å². The molecule has 2 atom stereocenters. The molecule has 0 unspecified atom stereocenters. The molecule has 0 fully saturated rings. The highest BCUT2D eigenvalue weighted by atomic mass is 32.2. The van der Waals surface area contributed by atoms with Crippen LogP contribution in [0, 0.1) is 10.1 Å². The predicted octanol–water partition coefficient (Wildman–Crippen LogP) is 1.50. The predicted molar refractivity (Wildman–Crippen MR) is 68.9 cm³/mol. The van der Waals surface area contributed by atoms with Crippen molar-refractivity contribution < 1.29 is 36.0 Å². The Hall–Kier alpha value is -1.82. The summed E-state index contributed by atoms with van der Waals surface area (Å²) in [5.41, 5.74) is -6.00. The molecule has 1 aromatic rings. The minimum absolute atomic E-state index is 0.425. The average Bonchev–Trinajstić information content (AvgIpc) is 2.44. The fraction of sp³-hybridized carbons (Fsp3) is 0.300. The van der Waals surface area contributed by atoms with Gasteiger partial charge in [-0.05, 0) is 12.1 Å². The molecule has 0 amide bonds. The Bertz CT molecular complexity index is 661. The molecule has 0 aliphatic heterocycles. The van der Waals surface area contributed by atoms with Gasteiger partial charge in [0.05, 0.1) is 27.7 Å². The van der Waals surface area contributed by atoms with E-state index < -0.39 is 59.2 Å². The largest absolute Gasteiger partial charge is 0.475 e. The molecule has 0 radical (unpaired) electrons. The lowest BCUT2D eigenvalue weighted by Gasteiger charge is -2.08. The van der Waals surface area contributed by atoms with Crippen LogP contribution in [-0.4, -0.2) is 37.7 Å². The van der Waals surface area contributed by atoms with Gasteiger partial charge in [0, 0.05) is 6.07 Å². The summed E-state index contributed by atoms with van der Waals surface area (Å²) in [4.78, 5) is 19.5. The third-order valence-corrected chi connectivity index (χ3v) is 4.71. The van der Waals surface area contributed by atoms with E-state index in [2.05, 4.69) is 4.74 Å². The number of carbonyl (C=O) groups excluding carboxylic acids is 1. The van der Waals surface area contributed by atoms with Crippen LogP contribution in [0.1, 0.15) is 0 Å². The monoisotopic (exact) mass is 359 g/mol. The molecule has 1 aromatic carbocycles. The van der Waals surface area contributed by atoms with E-state index in [1.54, 1.807) is 0 Å². The van der Waals surface area contributed by atoms with Gasteiger partial charge in [-0.15, -0.1) is 0 Å². The average molecular weight is 359 g/mol. The third kappa shape index (κ3) is 4.34. The molecule has 12 heteroatoms. The Labute approximate surface area is 126 Å². The van der Waals surface area contributed by atoms with Gasteiger partial charge in [-0.2, -0.15) is 13.2 Å². The number of hydrogen-bond acceptors (Lipinski definition) is 6. The second kappa shape index (κ2) is 6.96. The lowest BCUT2D eigenvalue weighted by molar-refractivity contribution is -0.388. The zero-order valence-electron chi connectivity index (χ0n) is 10.8. The molecular formula is C10H8F3NO6S2. The van der Waals surface area contributed by atoms with E-state index in [9.17, 15) is 36.5 Å². The van der Waals surface area contributed by atoms with Crippen molar-refractivity contribution in [3.63, 3.8) is 0 Å². The van der Waals surface area contributed by atoms with Gasteiger partial charge in [-0.25, -0.2) is 4.21 Å². The standard InChI is InChI=1S/C10H8F3NO6S2/c1-20-9(15)5-21(18)8-3-2-6(4-7(8)14(16)17)22(19)10(11,12)13/h2-4H,5H2,1H3/t21-,22+/m1/s1. The van der Waals surface area contributed by atoms with Crippen LogP contribution in [0.15, 0.2) is 28.0 Å². The first-order valence-electron chi connectivity index (χ1n) is 5.30. The SMILES string of the molecule is COC(=O)C[S@@](=O)c1ccc([S@](=O)C(F)(F)F)cc1[N+](=O)[O-]. The fourth-order valence-electron chi connectivity index (χ4n) is 1.33. The summed E-state index contributed by atoms with van der Waals surface area (Å²) in [5.74, 6) is -1.60. The lowest BCUT2D eigenvalue weighted by atomic mass is 10.3. The first kappa shape index (κ1) is 18.2. The van der Waals surface area contributed by atoms with Gasteiger partial charge in [0.15, 0.2) is 10.8 Å². The van der Waals surface area contributed by atoms with E-state index in [1.165, 1.54) is 0 Å². The van der Waals surface area contributed by atoms with E-state index in [4.69, 9.17) is 0 Å². The van der Waals surface area contributed by atoms with E-state index in [0.29, 0.717) is 12.1 Å². The number of carbonyl (C=O) groups is 1. The van der Waals surface area contributed by atoms with Crippen molar-refractivity contribution >= 4 is 33.3 Å². The lowest BCUT2D eigenvalue weighted by Crippen LogP contribution is -2.17. The van der Waals surface area contributed by atoms with E-state index >= 15 is 0 Å². The number of nitro benzene ring substituents is 1. The molecule has 0 spiro atoms. The highest BCUT2D eigenvalue weighted by molar-refractivity contribution is 7.86. The summed E-state index contributed by atoms with van der Waals surface area (Å²) < 4.78 is 64.3. The summed E-state index contributed by atoms with van der Waals surface area (Å²) >= 11 is 0. The Balaban J connectivity index is 3.27. The Kier molecular flexibility index (Phi) is 5.77. The maximum absolute atomic E-state index is 12.4. The molecule has 7 nitrogen and oxygen atoms in total. The summed E-state index contributed by atoms with van der Waals surface area (Å²) in [6, 6.07) is 1.91. The van der Waals surface area contributed by atoms with Crippen LogP contribution in [0.25, 0.3) is 0 Å². The molecule has 0 aliphatic carbocycles. The number of alkyl halides is 3. The van der Waals surface area contributed by atoms with Crippen molar-refractivity contribution in [2.24, 2.45) is 0 Å². The summed E-state index contributed by atoms with van der Waals surface area (Å²) in [5, 5.41) is 10.9. The van der Waals surface area contributed by atoms with E-state index in [-0.39, 0.29) is 0 Å². The summed E-state index contributed by atoms with van der Waals surface area (Å²) in [6.07, 6.45) is 0. The maximum atomic E-state index is 12.4. The Morgan fingerprint density at radius 1 is 1.36 bits per heavy atom. The van der Waals surface area contributed by atoms with Gasteiger partial charge in [0.2, 0.25) is 0 Å². The van der Waals surface area contributed by atoms with Crippen molar-refractivity contribution in [3.05, 3.63) is 28.3 Å². The number of benzene rings is 1. The molecule has 122 valence electrons. The second-order valence-electron chi connectivity index (χ2n) is 3.67. The van der Waals surface area contributed by atoms with Crippen molar-refractivity contribution in [1.29, 1.82) is 0 Å². The van der Waals surface area contributed by atoms with Crippen LogP contribution in [0.2, 0.25) is 0 Å². The summed E-state index contributed by atoms with van der Waals surface area (Å²) in [6.45, 7) is 0.